The van der Waals surface area contributed by atoms with E-state index in [9.17, 15) is 4.79 Å². The molecule has 2 aliphatic rings. The zero-order valence-corrected chi connectivity index (χ0v) is 21.9. The highest BCUT2D eigenvalue weighted by atomic mass is 16.1. The van der Waals surface area contributed by atoms with Gasteiger partial charge < -0.3 is 15.2 Å². The van der Waals surface area contributed by atoms with Gasteiger partial charge in [0.05, 0.1) is 35.0 Å². The minimum absolute atomic E-state index is 0.0884. The smallest absolute Gasteiger partial charge is 0.227 e. The molecule has 0 unspecified atom stereocenters. The number of H-pyrrole nitrogens is 2. The number of pyridine rings is 3. The molecule has 1 amide bonds. The molecule has 0 atom stereocenters. The lowest BCUT2D eigenvalue weighted by Gasteiger charge is -2.29. The van der Waals surface area contributed by atoms with Crippen molar-refractivity contribution in [3.8, 4) is 22.6 Å². The number of nitrogens with zero attached hydrogens (tertiary/aromatic N) is 5. The summed E-state index contributed by atoms with van der Waals surface area (Å²) in [5, 5.41) is 12.9. The number of piperidine rings is 1. The van der Waals surface area contributed by atoms with Crippen LogP contribution in [0.2, 0.25) is 0 Å². The lowest BCUT2D eigenvalue weighted by atomic mass is 9.88. The van der Waals surface area contributed by atoms with E-state index in [1.165, 1.54) is 31.4 Å². The van der Waals surface area contributed by atoms with E-state index >= 15 is 0 Å². The number of amides is 1. The maximum Gasteiger partial charge on any atom is 0.227 e. The fraction of sp³-hybridized carbons (Fsp3) is 0.367. The molecule has 198 valence electrons. The number of carbonyl (C=O) groups excluding carboxylic acids is 1. The average Bonchev–Trinajstić information content (AvgIpc) is 3.62. The van der Waals surface area contributed by atoms with Crippen molar-refractivity contribution in [1.82, 2.24) is 30.1 Å². The van der Waals surface area contributed by atoms with Crippen LogP contribution in [0.25, 0.3) is 44.6 Å². The Morgan fingerprint density at radius 1 is 0.923 bits per heavy atom. The Morgan fingerprint density at radius 2 is 1.77 bits per heavy atom. The van der Waals surface area contributed by atoms with Gasteiger partial charge in [0, 0.05) is 53.4 Å². The van der Waals surface area contributed by atoms with Crippen LogP contribution in [-0.4, -0.2) is 49.1 Å². The van der Waals surface area contributed by atoms with Crippen LogP contribution in [-0.2, 0) is 4.79 Å². The van der Waals surface area contributed by atoms with Crippen molar-refractivity contribution in [2.45, 2.75) is 51.4 Å². The molecule has 1 saturated heterocycles. The van der Waals surface area contributed by atoms with Gasteiger partial charge in [-0.15, -0.1) is 0 Å². The number of aromatic nitrogens is 6. The number of hydrogen-bond acceptors (Lipinski definition) is 6. The van der Waals surface area contributed by atoms with E-state index in [2.05, 4.69) is 52.5 Å². The minimum Gasteiger partial charge on any atom is -0.371 e. The summed E-state index contributed by atoms with van der Waals surface area (Å²) >= 11 is 0. The van der Waals surface area contributed by atoms with Gasteiger partial charge in [0.25, 0.3) is 0 Å². The molecule has 1 saturated carbocycles. The summed E-state index contributed by atoms with van der Waals surface area (Å²) in [6, 6.07) is 8.25. The van der Waals surface area contributed by atoms with Crippen molar-refractivity contribution in [2.75, 3.05) is 23.3 Å². The van der Waals surface area contributed by atoms with Crippen LogP contribution in [0, 0.1) is 5.92 Å². The summed E-state index contributed by atoms with van der Waals surface area (Å²) < 4.78 is 0. The zero-order valence-electron chi connectivity index (χ0n) is 21.9. The highest BCUT2D eigenvalue weighted by molar-refractivity contribution is 5.99. The van der Waals surface area contributed by atoms with Crippen LogP contribution < -0.4 is 10.2 Å². The normalized spacial score (nSPS) is 16.7. The second kappa shape index (κ2) is 10.1. The molecule has 0 radical (unpaired) electrons. The van der Waals surface area contributed by atoms with Crippen molar-refractivity contribution in [2.24, 2.45) is 5.92 Å². The van der Waals surface area contributed by atoms with Crippen LogP contribution in [0.15, 0.2) is 49.1 Å². The summed E-state index contributed by atoms with van der Waals surface area (Å²) in [6.07, 6.45) is 16.3. The molecule has 1 aliphatic carbocycles. The third kappa shape index (κ3) is 4.62. The molecule has 0 aromatic carbocycles. The Kier molecular flexibility index (Phi) is 6.19. The molecule has 5 aromatic heterocycles. The zero-order chi connectivity index (χ0) is 26.2. The molecule has 1 aliphatic heterocycles. The number of carbonyl (C=O) groups is 1. The summed E-state index contributed by atoms with van der Waals surface area (Å²) in [7, 11) is 0. The average molecular weight is 521 g/mol. The molecule has 2 fully saturated rings. The summed E-state index contributed by atoms with van der Waals surface area (Å²) in [6.45, 7) is 2.16. The number of fused-ring (bicyclic) bond motifs is 2. The molecule has 9 nitrogen and oxygen atoms in total. The summed E-state index contributed by atoms with van der Waals surface area (Å²) in [5.74, 6) is 0.178. The highest BCUT2D eigenvalue weighted by Crippen LogP contribution is 2.34. The Hall–Kier alpha value is -4.27. The molecule has 0 spiro atoms. The van der Waals surface area contributed by atoms with Crippen molar-refractivity contribution >= 4 is 39.2 Å². The molecular weight excluding hydrogens is 488 g/mol. The Balaban J connectivity index is 1.20. The topological polar surface area (TPSA) is 115 Å². The van der Waals surface area contributed by atoms with Crippen molar-refractivity contribution < 1.29 is 4.79 Å². The SMILES string of the molecule is O=C(Nc1cncc(-c2cc3c(-c4cc5c(N6CCCCC6)ccnc5[nH]4)n[nH]c3cn2)c1)C1CCCCC1. The molecular formula is C30H32N8O. The maximum atomic E-state index is 12.8. The third-order valence-electron chi connectivity index (χ3n) is 8.19. The lowest BCUT2D eigenvalue weighted by Crippen LogP contribution is -2.29. The molecule has 5 aromatic rings. The predicted molar refractivity (Wildman–Crippen MR) is 153 cm³/mol. The van der Waals surface area contributed by atoms with E-state index in [4.69, 9.17) is 0 Å². The van der Waals surface area contributed by atoms with Gasteiger partial charge in [0.2, 0.25) is 5.91 Å². The number of rotatable bonds is 5. The molecule has 0 bridgehead atoms. The number of nitrogens with one attached hydrogen (secondary N) is 3. The Bertz CT molecular complexity index is 1640. The van der Waals surface area contributed by atoms with Gasteiger partial charge in [0.1, 0.15) is 11.3 Å². The minimum atomic E-state index is 0.0884. The largest absolute Gasteiger partial charge is 0.371 e. The first-order valence-corrected chi connectivity index (χ1v) is 14.1. The summed E-state index contributed by atoms with van der Waals surface area (Å²) in [4.78, 5) is 32.4. The van der Waals surface area contributed by atoms with Gasteiger partial charge in [-0.3, -0.25) is 19.9 Å². The fourth-order valence-electron chi connectivity index (χ4n) is 6.09. The standard InChI is InChI=1S/C30H32N8O/c39-30(19-7-3-1-4-8-19)34-21-13-20(16-31-17-21)24-14-22-26(18-33-24)36-37-28(22)25-15-23-27(9-10-32-29(23)35-25)38-11-5-2-6-12-38/h9-10,13-19H,1-8,11-12H2,(H,32,35)(H,34,39)(H,36,37). The maximum absolute atomic E-state index is 12.8. The highest BCUT2D eigenvalue weighted by Gasteiger charge is 2.22. The quantitative estimate of drug-likeness (QED) is 0.259. The van der Waals surface area contributed by atoms with Gasteiger partial charge >= 0.3 is 0 Å². The van der Waals surface area contributed by atoms with E-state index in [-0.39, 0.29) is 11.8 Å². The first-order chi connectivity index (χ1) is 19.2. The van der Waals surface area contributed by atoms with Gasteiger partial charge in [-0.25, -0.2) is 4.98 Å². The van der Waals surface area contributed by atoms with E-state index in [0.29, 0.717) is 5.69 Å². The monoisotopic (exact) mass is 520 g/mol. The molecule has 9 heteroatoms. The molecule has 6 heterocycles. The van der Waals surface area contributed by atoms with E-state index in [0.717, 1.165) is 83.4 Å². The van der Waals surface area contributed by atoms with E-state index in [1.54, 1.807) is 18.6 Å². The molecule has 39 heavy (non-hydrogen) atoms. The first-order valence-electron chi connectivity index (χ1n) is 14.1. The first kappa shape index (κ1) is 23.8. The van der Waals surface area contributed by atoms with Crippen molar-refractivity contribution in [1.29, 1.82) is 0 Å². The fourth-order valence-corrected chi connectivity index (χ4v) is 6.09. The number of aromatic amines is 2. The van der Waals surface area contributed by atoms with Crippen LogP contribution in [0.1, 0.15) is 51.4 Å². The molecule has 7 rings (SSSR count). The van der Waals surface area contributed by atoms with Crippen LogP contribution >= 0.6 is 0 Å². The van der Waals surface area contributed by atoms with E-state index < -0.39 is 0 Å². The second-order valence-corrected chi connectivity index (χ2v) is 10.8. The van der Waals surface area contributed by atoms with Gasteiger partial charge in [0.15, 0.2) is 0 Å². The van der Waals surface area contributed by atoms with Crippen molar-refractivity contribution in [3.05, 3.63) is 49.1 Å². The van der Waals surface area contributed by atoms with Gasteiger partial charge in [-0.2, -0.15) is 5.10 Å². The number of hydrogen-bond donors (Lipinski definition) is 3. The molecule has 3 N–H and O–H groups in total. The Morgan fingerprint density at radius 3 is 2.64 bits per heavy atom. The van der Waals surface area contributed by atoms with Crippen LogP contribution in [0.4, 0.5) is 11.4 Å². The lowest BCUT2D eigenvalue weighted by molar-refractivity contribution is -0.120. The predicted octanol–water partition coefficient (Wildman–Crippen LogP) is 6.07. The van der Waals surface area contributed by atoms with Crippen LogP contribution in [0.5, 0.6) is 0 Å². The van der Waals surface area contributed by atoms with Crippen LogP contribution in [0.3, 0.4) is 0 Å². The second-order valence-electron chi connectivity index (χ2n) is 10.8. The van der Waals surface area contributed by atoms with Gasteiger partial charge in [-0.05, 0) is 56.4 Å². The van der Waals surface area contributed by atoms with E-state index in [1.807, 2.05) is 18.3 Å². The summed E-state index contributed by atoms with van der Waals surface area (Å²) in [5.41, 5.74) is 7.00. The van der Waals surface area contributed by atoms with Gasteiger partial charge in [-0.1, -0.05) is 19.3 Å². The Labute approximate surface area is 226 Å². The van der Waals surface area contributed by atoms with Crippen molar-refractivity contribution in [3.63, 3.8) is 0 Å². The number of anilines is 2. The third-order valence-corrected chi connectivity index (χ3v) is 8.19.